The molecular weight excluding hydrogens is 188 g/mol. The third-order valence-corrected chi connectivity index (χ3v) is 2.60. The van der Waals surface area contributed by atoms with Crippen LogP contribution in [0.25, 0.3) is 5.65 Å². The number of fused-ring (bicyclic) bond motifs is 1. The van der Waals surface area contributed by atoms with Crippen LogP contribution < -0.4 is 5.32 Å². The largest absolute Gasteiger partial charge is 0.367 e. The van der Waals surface area contributed by atoms with Crippen LogP contribution in [0.4, 0.5) is 5.82 Å². The van der Waals surface area contributed by atoms with Gasteiger partial charge in [0.05, 0.1) is 6.20 Å². The average molecular weight is 204 g/mol. The Hall–Kier alpha value is -1.58. The van der Waals surface area contributed by atoms with Crippen LogP contribution in [0.3, 0.4) is 0 Å². The Balaban J connectivity index is 2.20. The zero-order valence-corrected chi connectivity index (χ0v) is 9.14. The van der Waals surface area contributed by atoms with E-state index in [0.717, 1.165) is 24.3 Å². The summed E-state index contributed by atoms with van der Waals surface area (Å²) in [6, 6.07) is 4.36. The smallest absolute Gasteiger partial charge is 0.157 e. The third-order valence-electron chi connectivity index (χ3n) is 2.60. The van der Waals surface area contributed by atoms with Gasteiger partial charge in [-0.05, 0) is 18.9 Å². The van der Waals surface area contributed by atoms with Crippen LogP contribution in [-0.4, -0.2) is 20.6 Å². The van der Waals surface area contributed by atoms with E-state index in [1.54, 1.807) is 10.7 Å². The molecule has 0 aromatic carbocycles. The predicted molar refractivity (Wildman–Crippen MR) is 61.0 cm³/mol. The molecule has 2 heterocycles. The maximum Gasteiger partial charge on any atom is 0.157 e. The molecule has 0 atom stereocenters. The van der Waals surface area contributed by atoms with Gasteiger partial charge in [-0.1, -0.05) is 13.8 Å². The maximum absolute atomic E-state index is 4.46. The van der Waals surface area contributed by atoms with Crippen LogP contribution in [0.15, 0.2) is 24.5 Å². The molecule has 0 spiro atoms. The summed E-state index contributed by atoms with van der Waals surface area (Å²) in [4.78, 5) is 4.46. The first-order chi connectivity index (χ1) is 7.33. The molecule has 0 aliphatic rings. The molecule has 0 fully saturated rings. The summed E-state index contributed by atoms with van der Waals surface area (Å²) in [6.07, 6.45) is 5.90. The summed E-state index contributed by atoms with van der Waals surface area (Å²) in [5.41, 5.74) is 0.881. The fourth-order valence-electron chi connectivity index (χ4n) is 1.59. The maximum atomic E-state index is 4.46. The van der Waals surface area contributed by atoms with Gasteiger partial charge in [-0.25, -0.2) is 9.50 Å². The number of anilines is 1. The van der Waals surface area contributed by atoms with Crippen LogP contribution in [0.1, 0.15) is 26.7 Å². The number of aromatic nitrogens is 3. The van der Waals surface area contributed by atoms with Crippen molar-refractivity contribution >= 4 is 11.5 Å². The highest BCUT2D eigenvalue weighted by Gasteiger charge is 2.04. The van der Waals surface area contributed by atoms with E-state index in [1.807, 2.05) is 18.3 Å². The average Bonchev–Trinajstić information content (AvgIpc) is 2.73. The van der Waals surface area contributed by atoms with E-state index in [1.165, 1.54) is 0 Å². The van der Waals surface area contributed by atoms with Crippen molar-refractivity contribution < 1.29 is 0 Å². The second-order valence-electron chi connectivity index (χ2n) is 3.60. The van der Waals surface area contributed by atoms with Crippen molar-refractivity contribution in [1.82, 2.24) is 14.6 Å². The molecule has 0 saturated carbocycles. The number of hydrogen-bond acceptors (Lipinski definition) is 3. The monoisotopic (exact) mass is 204 g/mol. The van der Waals surface area contributed by atoms with Crippen LogP contribution >= 0.6 is 0 Å². The molecule has 4 nitrogen and oxygen atoms in total. The minimum atomic E-state index is 0.503. The van der Waals surface area contributed by atoms with Crippen LogP contribution in [-0.2, 0) is 0 Å². The molecule has 15 heavy (non-hydrogen) atoms. The van der Waals surface area contributed by atoms with Gasteiger partial charge in [-0.15, -0.1) is 0 Å². The zero-order valence-electron chi connectivity index (χ0n) is 9.14. The Kier molecular flexibility index (Phi) is 2.85. The lowest BCUT2D eigenvalue weighted by molar-refractivity contribution is 0.668. The van der Waals surface area contributed by atoms with E-state index in [-0.39, 0.29) is 0 Å². The standard InChI is InChI=1S/C11H16N4/c1-3-9(4-2)13-10-6-8-15-11(14-10)5-7-12-15/h5-9H,3-4H2,1-2H3,(H,13,14). The predicted octanol–water partition coefficient (Wildman–Crippen LogP) is 2.33. The molecule has 0 amide bonds. The molecule has 0 radical (unpaired) electrons. The van der Waals surface area contributed by atoms with Crippen molar-refractivity contribution in [2.45, 2.75) is 32.7 Å². The summed E-state index contributed by atoms with van der Waals surface area (Å²) in [5, 5.41) is 7.51. The van der Waals surface area contributed by atoms with Gasteiger partial charge in [0, 0.05) is 18.3 Å². The molecule has 0 bridgehead atoms. The molecule has 0 aliphatic carbocycles. The molecule has 2 aromatic heterocycles. The molecule has 4 heteroatoms. The minimum absolute atomic E-state index is 0.503. The van der Waals surface area contributed by atoms with Gasteiger partial charge in [0.15, 0.2) is 5.65 Å². The van der Waals surface area contributed by atoms with E-state index in [2.05, 4.69) is 29.2 Å². The van der Waals surface area contributed by atoms with Gasteiger partial charge in [-0.3, -0.25) is 0 Å². The van der Waals surface area contributed by atoms with Gasteiger partial charge in [-0.2, -0.15) is 5.10 Å². The minimum Gasteiger partial charge on any atom is -0.367 e. The number of hydrogen-bond donors (Lipinski definition) is 1. The molecule has 0 unspecified atom stereocenters. The number of nitrogens with one attached hydrogen (secondary N) is 1. The first kappa shape index (κ1) is 9.96. The highest BCUT2D eigenvalue weighted by molar-refractivity contribution is 5.45. The van der Waals surface area contributed by atoms with Crippen molar-refractivity contribution in [1.29, 1.82) is 0 Å². The lowest BCUT2D eigenvalue weighted by atomic mass is 10.2. The van der Waals surface area contributed by atoms with Crippen molar-refractivity contribution in [3.05, 3.63) is 24.5 Å². The Morgan fingerprint density at radius 3 is 2.87 bits per heavy atom. The fraction of sp³-hybridized carbons (Fsp3) is 0.455. The number of nitrogens with zero attached hydrogens (tertiary/aromatic N) is 3. The Morgan fingerprint density at radius 1 is 1.33 bits per heavy atom. The summed E-state index contributed by atoms with van der Waals surface area (Å²) in [7, 11) is 0. The Bertz CT molecular complexity index is 431. The fourth-order valence-corrected chi connectivity index (χ4v) is 1.59. The molecule has 2 aromatic rings. The topological polar surface area (TPSA) is 42.2 Å². The summed E-state index contributed by atoms with van der Waals surface area (Å²) >= 11 is 0. The van der Waals surface area contributed by atoms with Crippen molar-refractivity contribution in [3.8, 4) is 0 Å². The normalized spacial score (nSPS) is 11.1. The second kappa shape index (κ2) is 4.29. The highest BCUT2D eigenvalue weighted by atomic mass is 15.2. The summed E-state index contributed by atoms with van der Waals surface area (Å²) in [5.74, 6) is 0.928. The van der Waals surface area contributed by atoms with Gasteiger partial charge >= 0.3 is 0 Å². The lowest BCUT2D eigenvalue weighted by Gasteiger charge is -2.15. The number of rotatable bonds is 4. The van der Waals surface area contributed by atoms with Crippen LogP contribution in [0.2, 0.25) is 0 Å². The molecule has 0 saturated heterocycles. The third kappa shape index (κ3) is 2.09. The van der Waals surface area contributed by atoms with E-state index in [4.69, 9.17) is 0 Å². The molecule has 0 aliphatic heterocycles. The molecule has 80 valence electrons. The quantitative estimate of drug-likeness (QED) is 0.831. The van der Waals surface area contributed by atoms with Crippen molar-refractivity contribution in [3.63, 3.8) is 0 Å². The van der Waals surface area contributed by atoms with Gasteiger partial charge in [0.2, 0.25) is 0 Å². The molecular formula is C11H16N4. The first-order valence-corrected chi connectivity index (χ1v) is 5.40. The van der Waals surface area contributed by atoms with E-state index < -0.39 is 0 Å². The SMILES string of the molecule is CCC(CC)Nc1ccn2nccc2n1. The Morgan fingerprint density at radius 2 is 2.13 bits per heavy atom. The van der Waals surface area contributed by atoms with E-state index in [0.29, 0.717) is 6.04 Å². The van der Waals surface area contributed by atoms with Gasteiger partial charge in [0.25, 0.3) is 0 Å². The van der Waals surface area contributed by atoms with Crippen LogP contribution in [0, 0.1) is 0 Å². The van der Waals surface area contributed by atoms with E-state index in [9.17, 15) is 0 Å². The van der Waals surface area contributed by atoms with Gasteiger partial charge < -0.3 is 5.32 Å². The molecule has 1 N–H and O–H groups in total. The highest BCUT2D eigenvalue weighted by Crippen LogP contribution is 2.10. The van der Waals surface area contributed by atoms with Crippen molar-refractivity contribution in [2.24, 2.45) is 0 Å². The van der Waals surface area contributed by atoms with Gasteiger partial charge in [0.1, 0.15) is 5.82 Å². The van der Waals surface area contributed by atoms with Crippen molar-refractivity contribution in [2.75, 3.05) is 5.32 Å². The zero-order chi connectivity index (χ0) is 10.7. The second-order valence-corrected chi connectivity index (χ2v) is 3.60. The molecule has 2 rings (SSSR count). The van der Waals surface area contributed by atoms with E-state index >= 15 is 0 Å². The lowest BCUT2D eigenvalue weighted by Crippen LogP contribution is -2.17. The Labute approximate surface area is 89.3 Å². The summed E-state index contributed by atoms with van der Waals surface area (Å²) in [6.45, 7) is 4.36. The summed E-state index contributed by atoms with van der Waals surface area (Å²) < 4.78 is 1.76. The first-order valence-electron chi connectivity index (χ1n) is 5.40. The van der Waals surface area contributed by atoms with Crippen LogP contribution in [0.5, 0.6) is 0 Å².